The van der Waals surface area contributed by atoms with E-state index in [4.69, 9.17) is 5.26 Å². The third-order valence-electron chi connectivity index (χ3n) is 3.14. The van der Waals surface area contributed by atoms with Crippen molar-refractivity contribution in [3.05, 3.63) is 35.9 Å². The predicted octanol–water partition coefficient (Wildman–Crippen LogP) is 2.93. The summed E-state index contributed by atoms with van der Waals surface area (Å²) in [4.78, 5) is 2.23. The van der Waals surface area contributed by atoms with Gasteiger partial charge in [0.25, 0.3) is 0 Å². The van der Waals surface area contributed by atoms with Crippen LogP contribution in [-0.2, 0) is 0 Å². The molecule has 0 heterocycles. The Balaban J connectivity index is 2.62. The van der Waals surface area contributed by atoms with Crippen LogP contribution in [0.4, 0.5) is 0 Å². The largest absolute Gasteiger partial charge is 0.302 e. The molecule has 0 N–H and O–H groups in total. The van der Waals surface area contributed by atoms with Crippen LogP contribution in [0, 0.1) is 11.3 Å². The number of nitrogens with zero attached hydrogens (tertiary/aromatic N) is 2. The van der Waals surface area contributed by atoms with E-state index in [1.807, 2.05) is 6.07 Å². The highest BCUT2D eigenvalue weighted by Crippen LogP contribution is 2.19. The van der Waals surface area contributed by atoms with Crippen molar-refractivity contribution in [1.82, 2.24) is 4.90 Å². The summed E-state index contributed by atoms with van der Waals surface area (Å²) in [6.07, 6.45) is 0.574. The number of hydrogen-bond acceptors (Lipinski definition) is 3. The first-order valence-corrected chi connectivity index (χ1v) is 6.55. The monoisotopic (exact) mass is 248 g/mol. The van der Waals surface area contributed by atoms with Gasteiger partial charge in [-0.15, -0.1) is 0 Å². The summed E-state index contributed by atoms with van der Waals surface area (Å²) in [6.45, 7) is 3.03. The van der Waals surface area contributed by atoms with E-state index in [0.29, 0.717) is 18.4 Å². The average molecular weight is 248 g/mol. The van der Waals surface area contributed by atoms with Gasteiger partial charge in [-0.2, -0.15) is 17.9 Å². The molecule has 0 bridgehead atoms. The van der Waals surface area contributed by atoms with Crippen molar-refractivity contribution in [2.24, 2.45) is 0 Å². The molecule has 0 aliphatic rings. The lowest BCUT2D eigenvalue weighted by molar-refractivity contribution is 0.250. The zero-order chi connectivity index (χ0) is 12.7. The Labute approximate surface area is 110 Å². The molecule has 0 saturated heterocycles. The van der Waals surface area contributed by atoms with Gasteiger partial charge in [-0.25, -0.2) is 0 Å². The second-order valence-electron chi connectivity index (χ2n) is 4.44. The molecule has 2 nitrogen and oxygen atoms in total. The second kappa shape index (κ2) is 7.37. The zero-order valence-electron chi connectivity index (χ0n) is 10.5. The first kappa shape index (κ1) is 14.1. The number of likely N-dealkylation sites (N-methyl/N-ethyl adjacent to an activating group) is 1. The Morgan fingerprint density at radius 1 is 1.35 bits per heavy atom. The molecular weight excluding hydrogens is 228 g/mol. The molecule has 0 amide bonds. The van der Waals surface area contributed by atoms with Crippen LogP contribution in [0.2, 0.25) is 0 Å². The molecule has 0 fully saturated rings. The third kappa shape index (κ3) is 4.41. The Morgan fingerprint density at radius 3 is 2.53 bits per heavy atom. The molecule has 17 heavy (non-hydrogen) atoms. The molecule has 3 heteroatoms. The van der Waals surface area contributed by atoms with Gasteiger partial charge in [0.15, 0.2) is 0 Å². The van der Waals surface area contributed by atoms with Crippen molar-refractivity contribution in [1.29, 1.82) is 5.26 Å². The van der Waals surface area contributed by atoms with Gasteiger partial charge in [0.05, 0.1) is 12.5 Å². The van der Waals surface area contributed by atoms with Crippen molar-refractivity contribution in [3.63, 3.8) is 0 Å². The van der Waals surface area contributed by atoms with E-state index in [1.54, 1.807) is 0 Å². The first-order chi connectivity index (χ1) is 8.19. The molecule has 0 radical (unpaired) electrons. The number of thiol groups is 1. The van der Waals surface area contributed by atoms with Crippen LogP contribution in [0.1, 0.15) is 24.8 Å². The van der Waals surface area contributed by atoms with Crippen molar-refractivity contribution >= 4 is 12.6 Å². The maximum atomic E-state index is 8.70. The highest BCUT2D eigenvalue weighted by atomic mass is 32.1. The van der Waals surface area contributed by atoms with E-state index >= 15 is 0 Å². The fourth-order valence-electron chi connectivity index (χ4n) is 1.81. The third-order valence-corrected chi connectivity index (χ3v) is 3.58. The summed E-state index contributed by atoms with van der Waals surface area (Å²) < 4.78 is 0. The highest BCUT2D eigenvalue weighted by Gasteiger charge is 2.15. The van der Waals surface area contributed by atoms with E-state index < -0.39 is 0 Å². The summed E-state index contributed by atoms with van der Waals surface area (Å²) in [5.41, 5.74) is 1.32. The number of hydrogen-bond donors (Lipinski definition) is 1. The fourth-order valence-corrected chi connectivity index (χ4v) is 2.14. The summed E-state index contributed by atoms with van der Waals surface area (Å²) in [5, 5.41) is 8.70. The molecule has 0 aliphatic carbocycles. The fraction of sp³-hybridized carbons (Fsp3) is 0.500. The van der Waals surface area contributed by atoms with Gasteiger partial charge >= 0.3 is 0 Å². The first-order valence-electron chi connectivity index (χ1n) is 5.92. The van der Waals surface area contributed by atoms with Gasteiger partial charge in [0, 0.05) is 18.5 Å². The van der Waals surface area contributed by atoms with Crippen molar-refractivity contribution in [2.75, 3.05) is 19.3 Å². The minimum absolute atomic E-state index is 0.297. The number of benzene rings is 1. The molecule has 2 unspecified atom stereocenters. The molecule has 0 aromatic heterocycles. The van der Waals surface area contributed by atoms with E-state index in [2.05, 4.69) is 61.8 Å². The molecule has 0 saturated carbocycles. The zero-order valence-corrected chi connectivity index (χ0v) is 11.4. The Hall–Kier alpha value is -0.980. The lowest BCUT2D eigenvalue weighted by Crippen LogP contribution is -2.33. The second-order valence-corrected chi connectivity index (χ2v) is 4.81. The van der Waals surface area contributed by atoms with E-state index in [0.717, 1.165) is 12.3 Å². The maximum Gasteiger partial charge on any atom is 0.0638 e. The Morgan fingerprint density at radius 2 is 2.00 bits per heavy atom. The highest BCUT2D eigenvalue weighted by molar-refractivity contribution is 7.80. The van der Waals surface area contributed by atoms with E-state index in [9.17, 15) is 0 Å². The minimum Gasteiger partial charge on any atom is -0.302 e. The summed E-state index contributed by atoms with van der Waals surface area (Å²) in [7, 11) is 2.07. The number of nitriles is 1. The molecular formula is C14H20N2S. The van der Waals surface area contributed by atoms with Gasteiger partial charge in [-0.1, -0.05) is 30.3 Å². The summed E-state index contributed by atoms with van der Waals surface area (Å²) >= 11 is 4.43. The molecule has 1 rings (SSSR count). The van der Waals surface area contributed by atoms with E-state index in [-0.39, 0.29) is 0 Å². The van der Waals surface area contributed by atoms with Gasteiger partial charge in [-0.3, -0.25) is 0 Å². The van der Waals surface area contributed by atoms with Crippen LogP contribution in [0.25, 0.3) is 0 Å². The normalized spacial score (nSPS) is 14.3. The van der Waals surface area contributed by atoms with Crippen molar-refractivity contribution < 1.29 is 0 Å². The maximum absolute atomic E-state index is 8.70. The Bertz CT molecular complexity index is 358. The van der Waals surface area contributed by atoms with Gasteiger partial charge in [0.2, 0.25) is 0 Å². The van der Waals surface area contributed by atoms with Crippen LogP contribution in [-0.4, -0.2) is 30.3 Å². The minimum atomic E-state index is 0.297. The van der Waals surface area contributed by atoms with Crippen LogP contribution in [0.15, 0.2) is 30.3 Å². The summed E-state index contributed by atoms with van der Waals surface area (Å²) in [5.74, 6) is 1.25. The van der Waals surface area contributed by atoms with Crippen molar-refractivity contribution in [2.45, 2.75) is 25.3 Å². The van der Waals surface area contributed by atoms with Crippen LogP contribution in [0.3, 0.4) is 0 Å². The topological polar surface area (TPSA) is 27.0 Å². The summed E-state index contributed by atoms with van der Waals surface area (Å²) in [6, 6.07) is 12.9. The van der Waals surface area contributed by atoms with Gasteiger partial charge in [-0.05, 0) is 25.3 Å². The molecule has 2 atom stereocenters. The lowest BCUT2D eigenvalue weighted by Gasteiger charge is -2.27. The quantitative estimate of drug-likeness (QED) is 0.784. The van der Waals surface area contributed by atoms with E-state index in [1.165, 1.54) is 5.56 Å². The van der Waals surface area contributed by atoms with Gasteiger partial charge < -0.3 is 4.90 Å². The van der Waals surface area contributed by atoms with Crippen molar-refractivity contribution in [3.8, 4) is 6.07 Å². The predicted molar refractivity (Wildman–Crippen MR) is 75.4 cm³/mol. The van der Waals surface area contributed by atoms with Crippen LogP contribution >= 0.6 is 12.6 Å². The van der Waals surface area contributed by atoms with Crippen LogP contribution < -0.4 is 0 Å². The standard InChI is InChI=1S/C14H20N2S/c1-12(8-9-15)16(2)10-14(11-17)13-6-4-3-5-7-13/h3-7,12,14,17H,8,10-11H2,1-2H3. The molecule has 0 aliphatic heterocycles. The molecule has 1 aromatic carbocycles. The molecule has 92 valence electrons. The molecule has 0 spiro atoms. The Kier molecular flexibility index (Phi) is 6.10. The lowest BCUT2D eigenvalue weighted by atomic mass is 10.00. The van der Waals surface area contributed by atoms with Gasteiger partial charge in [0.1, 0.15) is 0 Å². The average Bonchev–Trinajstić information content (AvgIpc) is 2.37. The molecule has 1 aromatic rings. The smallest absolute Gasteiger partial charge is 0.0638 e. The number of rotatable bonds is 6. The SMILES string of the molecule is CC(CC#N)N(C)CC(CS)c1ccccc1. The van der Waals surface area contributed by atoms with Crippen LogP contribution in [0.5, 0.6) is 0 Å².